The van der Waals surface area contributed by atoms with Crippen LogP contribution in [-0.4, -0.2) is 36.2 Å². The molecule has 2 aliphatic rings. The van der Waals surface area contributed by atoms with E-state index in [-0.39, 0.29) is 0 Å². The second-order valence-corrected chi connectivity index (χ2v) is 4.82. The van der Waals surface area contributed by atoms with E-state index in [2.05, 4.69) is 10.6 Å². The Morgan fingerprint density at radius 3 is 2.60 bits per heavy atom. The molecule has 2 heterocycles. The van der Waals surface area contributed by atoms with Gasteiger partial charge in [-0.25, -0.2) is 0 Å². The average molecular weight is 212 g/mol. The van der Waals surface area contributed by atoms with Gasteiger partial charge < -0.3 is 15.7 Å². The summed E-state index contributed by atoms with van der Waals surface area (Å²) in [4.78, 5) is 11.3. The third kappa shape index (κ3) is 2.32. The number of carboxylic acid groups (broad SMARTS) is 1. The lowest BCUT2D eigenvalue weighted by atomic mass is 9.82. The zero-order valence-electron chi connectivity index (χ0n) is 9.09. The van der Waals surface area contributed by atoms with Crippen LogP contribution in [-0.2, 0) is 4.79 Å². The summed E-state index contributed by atoms with van der Waals surface area (Å²) < 4.78 is 0. The van der Waals surface area contributed by atoms with Crippen LogP contribution in [0.25, 0.3) is 0 Å². The lowest BCUT2D eigenvalue weighted by molar-refractivity contribution is -0.145. The number of carboxylic acids is 1. The molecule has 0 aromatic carbocycles. The molecule has 2 aliphatic heterocycles. The van der Waals surface area contributed by atoms with Crippen LogP contribution in [0.3, 0.4) is 0 Å². The molecule has 86 valence electrons. The van der Waals surface area contributed by atoms with Crippen molar-refractivity contribution in [2.24, 2.45) is 5.92 Å². The summed E-state index contributed by atoms with van der Waals surface area (Å²) in [6, 6.07) is 0. The molecule has 0 aromatic rings. The normalized spacial score (nSPS) is 33.1. The van der Waals surface area contributed by atoms with Gasteiger partial charge in [0.25, 0.3) is 0 Å². The molecule has 0 aromatic heterocycles. The Hall–Kier alpha value is -0.610. The predicted octanol–water partition coefficient (Wildman–Crippen LogP) is 0.583. The van der Waals surface area contributed by atoms with Crippen molar-refractivity contribution < 1.29 is 9.90 Å². The molecular weight excluding hydrogens is 192 g/mol. The number of carbonyl (C=O) groups is 1. The minimum Gasteiger partial charge on any atom is -0.480 e. The Balaban J connectivity index is 1.96. The van der Waals surface area contributed by atoms with Crippen LogP contribution >= 0.6 is 0 Å². The van der Waals surface area contributed by atoms with Crippen molar-refractivity contribution >= 4 is 5.97 Å². The number of rotatable bonds is 3. The molecule has 1 unspecified atom stereocenters. The zero-order chi connectivity index (χ0) is 10.7. The van der Waals surface area contributed by atoms with E-state index in [0.29, 0.717) is 5.92 Å². The number of nitrogens with one attached hydrogen (secondary N) is 2. The Morgan fingerprint density at radius 1 is 1.33 bits per heavy atom. The summed E-state index contributed by atoms with van der Waals surface area (Å²) in [5.41, 5.74) is -0.609. The van der Waals surface area contributed by atoms with E-state index in [1.54, 1.807) is 0 Å². The van der Waals surface area contributed by atoms with Gasteiger partial charge in [-0.3, -0.25) is 4.79 Å². The van der Waals surface area contributed by atoms with Gasteiger partial charge in [-0.1, -0.05) is 0 Å². The molecule has 4 nitrogen and oxygen atoms in total. The lowest BCUT2D eigenvalue weighted by Crippen LogP contribution is -2.49. The molecule has 0 spiro atoms. The fraction of sp³-hybridized carbons (Fsp3) is 0.909. The Morgan fingerprint density at radius 2 is 2.07 bits per heavy atom. The maximum atomic E-state index is 11.3. The molecule has 4 heteroatoms. The largest absolute Gasteiger partial charge is 0.480 e. The van der Waals surface area contributed by atoms with Gasteiger partial charge >= 0.3 is 5.97 Å². The second kappa shape index (κ2) is 4.49. The van der Waals surface area contributed by atoms with Gasteiger partial charge in [-0.05, 0) is 57.7 Å². The van der Waals surface area contributed by atoms with Crippen molar-refractivity contribution in [2.45, 2.75) is 37.6 Å². The first-order valence-corrected chi connectivity index (χ1v) is 5.92. The van der Waals surface area contributed by atoms with Crippen LogP contribution in [0, 0.1) is 5.92 Å². The summed E-state index contributed by atoms with van der Waals surface area (Å²) in [6.45, 7) is 2.94. The third-order valence-electron chi connectivity index (χ3n) is 3.75. The molecule has 0 bridgehead atoms. The minimum absolute atomic E-state index is 0.577. The zero-order valence-corrected chi connectivity index (χ0v) is 9.09. The first-order valence-electron chi connectivity index (χ1n) is 5.92. The smallest absolute Gasteiger partial charge is 0.323 e. The Kier molecular flexibility index (Phi) is 3.26. The van der Waals surface area contributed by atoms with Crippen LogP contribution in [0.1, 0.15) is 32.1 Å². The highest BCUT2D eigenvalue weighted by atomic mass is 16.4. The van der Waals surface area contributed by atoms with Crippen molar-refractivity contribution in [1.29, 1.82) is 0 Å². The summed E-state index contributed by atoms with van der Waals surface area (Å²) in [7, 11) is 0. The Bertz CT molecular complexity index is 231. The highest BCUT2D eigenvalue weighted by molar-refractivity contribution is 5.79. The molecule has 15 heavy (non-hydrogen) atoms. The van der Waals surface area contributed by atoms with Gasteiger partial charge in [0, 0.05) is 0 Å². The topological polar surface area (TPSA) is 61.4 Å². The van der Waals surface area contributed by atoms with Gasteiger partial charge in [0.1, 0.15) is 5.54 Å². The number of aliphatic carboxylic acids is 1. The first kappa shape index (κ1) is 10.9. The van der Waals surface area contributed by atoms with Crippen molar-refractivity contribution in [3.05, 3.63) is 0 Å². The van der Waals surface area contributed by atoms with Crippen LogP contribution in [0.2, 0.25) is 0 Å². The van der Waals surface area contributed by atoms with Gasteiger partial charge in [-0.15, -0.1) is 0 Å². The third-order valence-corrected chi connectivity index (χ3v) is 3.75. The van der Waals surface area contributed by atoms with Gasteiger partial charge in [0.05, 0.1) is 0 Å². The number of hydrogen-bond acceptors (Lipinski definition) is 3. The number of piperidine rings is 1. The number of hydrogen-bond donors (Lipinski definition) is 3. The Labute approximate surface area is 90.4 Å². The molecule has 1 atom stereocenters. The average Bonchev–Trinajstić information content (AvgIpc) is 2.69. The van der Waals surface area contributed by atoms with E-state index in [9.17, 15) is 9.90 Å². The lowest BCUT2D eigenvalue weighted by Gasteiger charge is -2.31. The second-order valence-electron chi connectivity index (χ2n) is 4.82. The van der Waals surface area contributed by atoms with E-state index < -0.39 is 11.5 Å². The van der Waals surface area contributed by atoms with Gasteiger partial charge in [0.15, 0.2) is 0 Å². The maximum Gasteiger partial charge on any atom is 0.323 e. The van der Waals surface area contributed by atoms with E-state index in [1.165, 1.54) is 0 Å². The molecular formula is C11H20N2O2. The molecule has 2 rings (SSSR count). The summed E-state index contributed by atoms with van der Waals surface area (Å²) in [5.74, 6) is -0.0773. The van der Waals surface area contributed by atoms with Gasteiger partial charge in [0.2, 0.25) is 0 Å². The summed E-state index contributed by atoms with van der Waals surface area (Å²) in [5, 5.41) is 15.8. The minimum atomic E-state index is -0.654. The molecule has 0 amide bonds. The maximum absolute atomic E-state index is 11.3. The van der Waals surface area contributed by atoms with Crippen molar-refractivity contribution in [3.63, 3.8) is 0 Å². The van der Waals surface area contributed by atoms with Crippen molar-refractivity contribution in [1.82, 2.24) is 10.6 Å². The first-order chi connectivity index (χ1) is 7.23. The standard InChI is InChI=1S/C11H20N2O2/c14-10(15)11(4-1-5-13-11)8-9-2-6-12-7-3-9/h9,12-13H,1-8H2,(H,14,15). The van der Waals surface area contributed by atoms with Crippen LogP contribution in [0.4, 0.5) is 0 Å². The fourth-order valence-corrected chi connectivity index (χ4v) is 2.83. The monoisotopic (exact) mass is 212 g/mol. The molecule has 2 fully saturated rings. The fourth-order valence-electron chi connectivity index (χ4n) is 2.83. The molecule has 2 saturated heterocycles. The van der Waals surface area contributed by atoms with E-state index in [0.717, 1.165) is 51.7 Å². The van der Waals surface area contributed by atoms with Gasteiger partial charge in [-0.2, -0.15) is 0 Å². The van der Waals surface area contributed by atoms with Crippen LogP contribution < -0.4 is 10.6 Å². The van der Waals surface area contributed by atoms with Crippen LogP contribution in [0.15, 0.2) is 0 Å². The summed E-state index contributed by atoms with van der Waals surface area (Å²) in [6.07, 6.45) is 4.85. The quantitative estimate of drug-likeness (QED) is 0.640. The molecule has 3 N–H and O–H groups in total. The van der Waals surface area contributed by atoms with Crippen molar-refractivity contribution in [3.8, 4) is 0 Å². The van der Waals surface area contributed by atoms with Crippen LogP contribution in [0.5, 0.6) is 0 Å². The molecule has 0 radical (unpaired) electrons. The SMILES string of the molecule is O=C(O)C1(CC2CCNCC2)CCCN1. The van der Waals surface area contributed by atoms with E-state index in [1.807, 2.05) is 0 Å². The van der Waals surface area contributed by atoms with Crippen molar-refractivity contribution in [2.75, 3.05) is 19.6 Å². The molecule has 0 saturated carbocycles. The molecule has 0 aliphatic carbocycles. The predicted molar refractivity (Wildman–Crippen MR) is 57.8 cm³/mol. The highest BCUT2D eigenvalue weighted by Crippen LogP contribution is 2.30. The van der Waals surface area contributed by atoms with E-state index >= 15 is 0 Å². The van der Waals surface area contributed by atoms with E-state index in [4.69, 9.17) is 0 Å². The summed E-state index contributed by atoms with van der Waals surface area (Å²) >= 11 is 0. The highest BCUT2D eigenvalue weighted by Gasteiger charge is 2.42.